The molecule has 1 heterocycles. The third-order valence-electron chi connectivity index (χ3n) is 4.53. The topological polar surface area (TPSA) is 47.3 Å². The van der Waals surface area contributed by atoms with Gasteiger partial charge in [-0.1, -0.05) is 48.5 Å². The molecule has 0 unspecified atom stereocenters. The van der Waals surface area contributed by atoms with Gasteiger partial charge in [-0.2, -0.15) is 5.26 Å². The Bertz CT molecular complexity index is 974. The smallest absolute Gasteiger partial charge is 0.315 e. The van der Waals surface area contributed by atoms with Crippen LogP contribution < -0.4 is 4.90 Å². The quantitative estimate of drug-likeness (QED) is 0.686. The third kappa shape index (κ3) is 2.91. The van der Waals surface area contributed by atoms with E-state index >= 15 is 0 Å². The molecule has 4 heteroatoms. The highest BCUT2D eigenvalue weighted by atomic mass is 16.2. The molecule has 0 aromatic heterocycles. The number of amides is 2. The van der Waals surface area contributed by atoms with E-state index in [1.165, 1.54) is 0 Å². The zero-order chi connectivity index (χ0) is 17.9. The molecule has 26 heavy (non-hydrogen) atoms. The summed E-state index contributed by atoms with van der Waals surface area (Å²) in [6.45, 7) is 1.14. The second kappa shape index (κ2) is 6.73. The molecular weight excluding hydrogens is 322 g/mol. The maximum absolute atomic E-state index is 13.2. The SMILES string of the molecule is N#Cc1ccc(N2C(=O)N(Cc3ccccc3)Cc3ccccc32)cc1. The Morgan fingerprint density at radius 2 is 1.58 bits per heavy atom. The molecule has 126 valence electrons. The normalized spacial score (nSPS) is 13.3. The Morgan fingerprint density at radius 1 is 0.885 bits per heavy atom. The lowest BCUT2D eigenvalue weighted by Gasteiger charge is -2.37. The molecule has 0 saturated heterocycles. The second-order valence-electron chi connectivity index (χ2n) is 6.25. The van der Waals surface area contributed by atoms with E-state index in [-0.39, 0.29) is 6.03 Å². The summed E-state index contributed by atoms with van der Waals surface area (Å²) in [6.07, 6.45) is 0. The van der Waals surface area contributed by atoms with Gasteiger partial charge in [0.15, 0.2) is 0 Å². The van der Waals surface area contributed by atoms with Gasteiger partial charge in [0.25, 0.3) is 0 Å². The lowest BCUT2D eigenvalue weighted by Crippen LogP contribution is -2.44. The van der Waals surface area contributed by atoms with Crippen LogP contribution in [0.25, 0.3) is 0 Å². The van der Waals surface area contributed by atoms with Crippen LogP contribution in [0.2, 0.25) is 0 Å². The molecule has 4 nitrogen and oxygen atoms in total. The first-order valence-electron chi connectivity index (χ1n) is 8.47. The highest BCUT2D eigenvalue weighted by Gasteiger charge is 2.31. The van der Waals surface area contributed by atoms with Gasteiger partial charge in [-0.05, 0) is 41.5 Å². The van der Waals surface area contributed by atoms with E-state index < -0.39 is 0 Å². The summed E-state index contributed by atoms with van der Waals surface area (Å²) >= 11 is 0. The number of benzene rings is 3. The van der Waals surface area contributed by atoms with Crippen molar-refractivity contribution in [3.8, 4) is 6.07 Å². The molecule has 1 aliphatic rings. The number of para-hydroxylation sites is 1. The molecule has 0 N–H and O–H groups in total. The van der Waals surface area contributed by atoms with Crippen LogP contribution in [0.1, 0.15) is 16.7 Å². The second-order valence-corrected chi connectivity index (χ2v) is 6.25. The predicted octanol–water partition coefficient (Wildman–Crippen LogP) is 4.83. The summed E-state index contributed by atoms with van der Waals surface area (Å²) in [5, 5.41) is 9.02. The van der Waals surface area contributed by atoms with Gasteiger partial charge in [-0.25, -0.2) is 4.79 Å². The van der Waals surface area contributed by atoms with Gasteiger partial charge in [-0.15, -0.1) is 0 Å². The number of nitrogens with zero attached hydrogens (tertiary/aromatic N) is 3. The van der Waals surface area contributed by atoms with Crippen LogP contribution >= 0.6 is 0 Å². The Kier molecular flexibility index (Phi) is 4.12. The van der Waals surface area contributed by atoms with Gasteiger partial charge in [-0.3, -0.25) is 4.90 Å². The Morgan fingerprint density at radius 3 is 2.31 bits per heavy atom. The first-order valence-corrected chi connectivity index (χ1v) is 8.47. The average Bonchev–Trinajstić information content (AvgIpc) is 2.70. The van der Waals surface area contributed by atoms with Crippen molar-refractivity contribution in [3.63, 3.8) is 0 Å². The summed E-state index contributed by atoms with van der Waals surface area (Å²) in [6, 6.07) is 27.1. The van der Waals surface area contributed by atoms with Gasteiger partial charge in [0, 0.05) is 13.1 Å². The Labute approximate surface area is 152 Å². The van der Waals surface area contributed by atoms with Crippen molar-refractivity contribution < 1.29 is 4.79 Å². The van der Waals surface area contributed by atoms with Crippen molar-refractivity contribution in [3.05, 3.63) is 95.6 Å². The molecule has 4 rings (SSSR count). The van der Waals surface area contributed by atoms with E-state index in [1.54, 1.807) is 17.0 Å². The molecular formula is C22H17N3O. The maximum Gasteiger partial charge on any atom is 0.329 e. The highest BCUT2D eigenvalue weighted by molar-refractivity contribution is 6.01. The number of carbonyl (C=O) groups is 1. The van der Waals surface area contributed by atoms with Crippen LogP contribution in [-0.4, -0.2) is 10.9 Å². The molecule has 0 radical (unpaired) electrons. The lowest BCUT2D eigenvalue weighted by atomic mass is 10.1. The zero-order valence-electron chi connectivity index (χ0n) is 14.2. The number of rotatable bonds is 3. The first-order chi connectivity index (χ1) is 12.8. The van der Waals surface area contributed by atoms with E-state index in [9.17, 15) is 4.79 Å². The molecule has 0 spiro atoms. The molecule has 0 fully saturated rings. The summed E-state index contributed by atoms with van der Waals surface area (Å²) in [7, 11) is 0. The molecule has 0 aliphatic carbocycles. The van der Waals surface area contributed by atoms with E-state index in [0.717, 1.165) is 22.5 Å². The van der Waals surface area contributed by atoms with E-state index in [2.05, 4.69) is 12.1 Å². The fraction of sp³-hybridized carbons (Fsp3) is 0.0909. The van der Waals surface area contributed by atoms with Gasteiger partial charge in [0.1, 0.15) is 0 Å². The number of hydrogen-bond donors (Lipinski definition) is 0. The number of carbonyl (C=O) groups excluding carboxylic acids is 1. The largest absolute Gasteiger partial charge is 0.329 e. The minimum atomic E-state index is -0.0581. The minimum absolute atomic E-state index is 0.0581. The van der Waals surface area contributed by atoms with Crippen LogP contribution in [0.15, 0.2) is 78.9 Å². The summed E-state index contributed by atoms with van der Waals surface area (Å²) in [5.41, 5.74) is 4.44. The lowest BCUT2D eigenvalue weighted by molar-refractivity contribution is 0.198. The minimum Gasteiger partial charge on any atom is -0.315 e. The van der Waals surface area contributed by atoms with Crippen molar-refractivity contribution in [1.82, 2.24) is 4.90 Å². The van der Waals surface area contributed by atoms with Crippen molar-refractivity contribution in [2.24, 2.45) is 0 Å². The van der Waals surface area contributed by atoms with Crippen molar-refractivity contribution in [2.75, 3.05) is 4.90 Å². The van der Waals surface area contributed by atoms with Crippen LogP contribution in [0.5, 0.6) is 0 Å². The number of fused-ring (bicyclic) bond motifs is 1. The predicted molar refractivity (Wildman–Crippen MR) is 101 cm³/mol. The number of anilines is 2. The summed E-state index contributed by atoms with van der Waals surface area (Å²) < 4.78 is 0. The van der Waals surface area contributed by atoms with Crippen LogP contribution in [0.3, 0.4) is 0 Å². The van der Waals surface area contributed by atoms with E-state index in [4.69, 9.17) is 5.26 Å². The molecule has 0 atom stereocenters. The van der Waals surface area contributed by atoms with Gasteiger partial charge < -0.3 is 4.90 Å². The molecule has 3 aromatic rings. The number of nitriles is 1. The third-order valence-corrected chi connectivity index (χ3v) is 4.53. The fourth-order valence-electron chi connectivity index (χ4n) is 3.24. The van der Waals surface area contributed by atoms with Gasteiger partial charge in [0.2, 0.25) is 0 Å². The van der Waals surface area contributed by atoms with Crippen LogP contribution in [0.4, 0.5) is 16.2 Å². The zero-order valence-corrected chi connectivity index (χ0v) is 14.2. The Hall–Kier alpha value is -3.58. The summed E-state index contributed by atoms with van der Waals surface area (Å²) in [5.74, 6) is 0. The van der Waals surface area contributed by atoms with Crippen molar-refractivity contribution >= 4 is 17.4 Å². The number of urea groups is 1. The fourth-order valence-corrected chi connectivity index (χ4v) is 3.24. The first kappa shape index (κ1) is 15.9. The molecule has 3 aromatic carbocycles. The van der Waals surface area contributed by atoms with Gasteiger partial charge >= 0.3 is 6.03 Å². The van der Waals surface area contributed by atoms with E-state index in [0.29, 0.717) is 18.7 Å². The average molecular weight is 339 g/mol. The molecule has 2 amide bonds. The van der Waals surface area contributed by atoms with Crippen molar-refractivity contribution in [2.45, 2.75) is 13.1 Å². The molecule has 0 saturated carbocycles. The molecule has 0 bridgehead atoms. The monoisotopic (exact) mass is 339 g/mol. The van der Waals surface area contributed by atoms with Crippen LogP contribution in [0, 0.1) is 11.3 Å². The standard InChI is InChI=1S/C22H17N3O/c23-14-17-10-12-20(13-11-17)25-21-9-5-4-8-19(21)16-24(22(25)26)15-18-6-2-1-3-7-18/h1-13H,15-16H2. The van der Waals surface area contributed by atoms with Crippen LogP contribution in [-0.2, 0) is 13.1 Å². The number of hydrogen-bond acceptors (Lipinski definition) is 2. The van der Waals surface area contributed by atoms with Crippen molar-refractivity contribution in [1.29, 1.82) is 5.26 Å². The van der Waals surface area contributed by atoms with E-state index in [1.807, 2.05) is 65.6 Å². The Balaban J connectivity index is 1.73. The molecule has 1 aliphatic heterocycles. The maximum atomic E-state index is 13.2. The highest BCUT2D eigenvalue weighted by Crippen LogP contribution is 2.35. The van der Waals surface area contributed by atoms with Gasteiger partial charge in [0.05, 0.1) is 23.0 Å². The summed E-state index contributed by atoms with van der Waals surface area (Å²) in [4.78, 5) is 16.8.